The number of hydrogen-bond donors (Lipinski definition) is 4. The van der Waals surface area contributed by atoms with Gasteiger partial charge in [-0.2, -0.15) is 19.8 Å². The number of aryl methyl sites for hydroxylation is 3. The standard InChI is InChI=1S/C31H28N14O/c1-16-4-24(27(31(46)39-32)25-13-36-29-23(25)6-18(9-34-29)21-12-38-44(3)15-21)30-41-40-26(45(30)42-16)7-19-10-35-28-22(19)5-17(8-33-28)20-11-37-43(2)14-20/h4-6,8-15,27H,7,32H2,1-3H3,(H,33,35)(H,34,36)(H,39,46). The third-order valence-electron chi connectivity index (χ3n) is 8.22. The highest BCUT2D eigenvalue weighted by atomic mass is 16.2. The van der Waals surface area contributed by atoms with Crippen LogP contribution in [-0.2, 0) is 25.3 Å². The molecule has 8 aromatic rings. The van der Waals surface area contributed by atoms with Crippen LogP contribution in [0, 0.1) is 6.92 Å². The van der Waals surface area contributed by atoms with E-state index in [1.165, 1.54) is 0 Å². The predicted molar refractivity (Wildman–Crippen MR) is 169 cm³/mol. The molecule has 15 heteroatoms. The molecule has 8 rings (SSSR count). The Morgan fingerprint density at radius 1 is 0.848 bits per heavy atom. The summed E-state index contributed by atoms with van der Waals surface area (Å²) in [5.74, 6) is 5.14. The molecule has 228 valence electrons. The number of aromatic amines is 2. The normalized spacial score (nSPS) is 12.4. The Hall–Kier alpha value is -6.22. The van der Waals surface area contributed by atoms with Crippen molar-refractivity contribution in [3.05, 3.63) is 96.0 Å². The highest BCUT2D eigenvalue weighted by Crippen LogP contribution is 2.35. The second kappa shape index (κ2) is 10.4. The van der Waals surface area contributed by atoms with E-state index in [9.17, 15) is 4.79 Å². The minimum Gasteiger partial charge on any atom is -0.346 e. The first-order valence-electron chi connectivity index (χ1n) is 14.5. The Balaban J connectivity index is 1.22. The van der Waals surface area contributed by atoms with Crippen molar-refractivity contribution < 1.29 is 4.79 Å². The molecule has 0 bridgehead atoms. The first-order valence-corrected chi connectivity index (χ1v) is 14.5. The molecule has 8 aromatic heterocycles. The largest absolute Gasteiger partial charge is 0.346 e. The van der Waals surface area contributed by atoms with Crippen LogP contribution in [0.2, 0.25) is 0 Å². The van der Waals surface area contributed by atoms with Gasteiger partial charge in [0.1, 0.15) is 11.3 Å². The highest BCUT2D eigenvalue weighted by molar-refractivity contribution is 5.95. The maximum atomic E-state index is 13.5. The van der Waals surface area contributed by atoms with Crippen LogP contribution in [0.3, 0.4) is 0 Å². The number of H-pyrrole nitrogens is 2. The summed E-state index contributed by atoms with van der Waals surface area (Å²) in [4.78, 5) is 29.2. The Kier molecular flexibility index (Phi) is 6.21. The molecule has 0 aromatic carbocycles. The number of hydrogen-bond acceptors (Lipinski definition) is 9. The number of fused-ring (bicyclic) bond motifs is 3. The molecule has 0 aliphatic heterocycles. The van der Waals surface area contributed by atoms with Gasteiger partial charge in [0.25, 0.3) is 0 Å². The van der Waals surface area contributed by atoms with Gasteiger partial charge < -0.3 is 9.97 Å². The van der Waals surface area contributed by atoms with E-state index in [1.807, 2.05) is 64.1 Å². The summed E-state index contributed by atoms with van der Waals surface area (Å²) in [7, 11) is 3.74. The number of amides is 1. The Labute approximate surface area is 260 Å². The number of nitrogens with two attached hydrogens (primary N) is 1. The fourth-order valence-electron chi connectivity index (χ4n) is 6.02. The fraction of sp³-hybridized carbons (Fsp3) is 0.161. The van der Waals surface area contributed by atoms with Crippen LogP contribution in [-0.4, -0.2) is 65.2 Å². The zero-order chi connectivity index (χ0) is 31.5. The molecule has 1 atom stereocenters. The average molecular weight is 613 g/mol. The lowest BCUT2D eigenvalue weighted by Gasteiger charge is -2.16. The molecule has 5 N–H and O–H groups in total. The van der Waals surface area contributed by atoms with Gasteiger partial charge in [-0.25, -0.2) is 15.8 Å². The van der Waals surface area contributed by atoms with E-state index in [2.05, 4.69) is 51.8 Å². The van der Waals surface area contributed by atoms with E-state index in [1.54, 1.807) is 32.5 Å². The van der Waals surface area contributed by atoms with Crippen molar-refractivity contribution in [3.8, 4) is 22.3 Å². The van der Waals surface area contributed by atoms with E-state index in [0.29, 0.717) is 40.4 Å². The number of rotatable bonds is 7. The first-order chi connectivity index (χ1) is 22.4. The van der Waals surface area contributed by atoms with Crippen LogP contribution in [0.15, 0.2) is 67.8 Å². The predicted octanol–water partition coefficient (Wildman–Crippen LogP) is 2.70. The molecule has 0 saturated carbocycles. The number of hydrazine groups is 1. The second-order valence-corrected chi connectivity index (χ2v) is 11.3. The lowest BCUT2D eigenvalue weighted by atomic mass is 9.90. The number of carbonyl (C=O) groups is 1. The molecule has 1 amide bonds. The van der Waals surface area contributed by atoms with Crippen molar-refractivity contribution in [1.82, 2.24) is 64.7 Å². The van der Waals surface area contributed by atoms with Crippen molar-refractivity contribution >= 4 is 33.6 Å². The molecule has 15 nitrogen and oxygen atoms in total. The Bertz CT molecular complexity index is 2420. The van der Waals surface area contributed by atoms with Gasteiger partial charge in [0.15, 0.2) is 11.5 Å². The van der Waals surface area contributed by atoms with Crippen molar-refractivity contribution in [2.24, 2.45) is 19.9 Å². The monoisotopic (exact) mass is 612 g/mol. The molecular weight excluding hydrogens is 584 g/mol. The fourth-order valence-corrected chi connectivity index (χ4v) is 6.02. The summed E-state index contributed by atoms with van der Waals surface area (Å²) in [6.45, 7) is 1.87. The highest BCUT2D eigenvalue weighted by Gasteiger charge is 2.30. The van der Waals surface area contributed by atoms with Gasteiger partial charge in [-0.3, -0.25) is 19.6 Å². The van der Waals surface area contributed by atoms with Gasteiger partial charge in [-0.05, 0) is 36.2 Å². The molecule has 0 aliphatic rings. The lowest BCUT2D eigenvalue weighted by molar-refractivity contribution is -0.121. The van der Waals surface area contributed by atoms with Crippen molar-refractivity contribution in [2.75, 3.05) is 0 Å². The van der Waals surface area contributed by atoms with E-state index in [0.717, 1.165) is 44.2 Å². The van der Waals surface area contributed by atoms with E-state index < -0.39 is 11.8 Å². The zero-order valence-electron chi connectivity index (χ0n) is 25.1. The van der Waals surface area contributed by atoms with E-state index >= 15 is 0 Å². The van der Waals surface area contributed by atoms with Crippen LogP contribution in [0.25, 0.3) is 50.0 Å². The summed E-state index contributed by atoms with van der Waals surface area (Å²) in [5, 5.41) is 24.1. The average Bonchev–Trinajstić information content (AvgIpc) is 3.90. The minimum atomic E-state index is -0.828. The maximum absolute atomic E-state index is 13.5. The third-order valence-corrected chi connectivity index (χ3v) is 8.22. The molecular formula is C31H28N14O. The minimum absolute atomic E-state index is 0.407. The SMILES string of the molecule is Cc1cc(C(C(=O)NN)c2c[nH]c3ncc(-c4cnn(C)c4)cc23)c2nnc(Cc3c[nH]c4ncc(-c5cnn(C)c5)cc34)n2n1. The molecule has 8 heterocycles. The van der Waals surface area contributed by atoms with Crippen molar-refractivity contribution in [3.63, 3.8) is 0 Å². The Morgan fingerprint density at radius 3 is 2.15 bits per heavy atom. The van der Waals surface area contributed by atoms with Gasteiger partial charge in [0.2, 0.25) is 5.91 Å². The number of aromatic nitrogens is 12. The van der Waals surface area contributed by atoms with Gasteiger partial charge >= 0.3 is 0 Å². The van der Waals surface area contributed by atoms with Gasteiger partial charge in [-0.15, -0.1) is 10.2 Å². The number of nitrogens with one attached hydrogen (secondary N) is 3. The van der Waals surface area contributed by atoms with Crippen LogP contribution in [0.5, 0.6) is 0 Å². The van der Waals surface area contributed by atoms with Crippen LogP contribution < -0.4 is 11.3 Å². The smallest absolute Gasteiger partial charge is 0.246 e. The number of carbonyl (C=O) groups excluding carboxylic acids is 1. The first kappa shape index (κ1) is 27.3. The van der Waals surface area contributed by atoms with Crippen molar-refractivity contribution in [2.45, 2.75) is 19.3 Å². The molecule has 0 radical (unpaired) electrons. The van der Waals surface area contributed by atoms with E-state index in [4.69, 9.17) is 10.9 Å². The summed E-state index contributed by atoms with van der Waals surface area (Å²) >= 11 is 0. The molecule has 0 aliphatic carbocycles. The molecule has 0 spiro atoms. The summed E-state index contributed by atoms with van der Waals surface area (Å²) < 4.78 is 5.19. The molecule has 46 heavy (non-hydrogen) atoms. The quantitative estimate of drug-likeness (QED) is 0.119. The molecule has 1 unspecified atom stereocenters. The zero-order valence-corrected chi connectivity index (χ0v) is 25.1. The molecule has 0 fully saturated rings. The van der Waals surface area contributed by atoms with E-state index in [-0.39, 0.29) is 0 Å². The summed E-state index contributed by atoms with van der Waals surface area (Å²) in [5.41, 5.74) is 10.9. The van der Waals surface area contributed by atoms with Crippen LogP contribution >= 0.6 is 0 Å². The summed E-state index contributed by atoms with van der Waals surface area (Å²) in [6, 6.07) is 5.93. The van der Waals surface area contributed by atoms with Crippen molar-refractivity contribution in [1.29, 1.82) is 0 Å². The second-order valence-electron chi connectivity index (χ2n) is 11.3. The number of pyridine rings is 2. The van der Waals surface area contributed by atoms with Crippen LogP contribution in [0.1, 0.15) is 34.1 Å². The van der Waals surface area contributed by atoms with Gasteiger partial charge in [0.05, 0.1) is 24.0 Å². The topological polar surface area (TPSA) is 191 Å². The third kappa shape index (κ3) is 4.48. The lowest BCUT2D eigenvalue weighted by Crippen LogP contribution is -2.35. The van der Waals surface area contributed by atoms with Crippen LogP contribution in [0.4, 0.5) is 0 Å². The number of nitrogens with zero attached hydrogens (tertiary/aromatic N) is 10. The maximum Gasteiger partial charge on any atom is 0.246 e. The summed E-state index contributed by atoms with van der Waals surface area (Å²) in [6.07, 6.45) is 15.2. The Morgan fingerprint density at radius 2 is 1.50 bits per heavy atom. The molecule has 0 saturated heterocycles. The van der Waals surface area contributed by atoms with Gasteiger partial charge in [0, 0.05) is 96.3 Å². The van der Waals surface area contributed by atoms with Gasteiger partial charge in [-0.1, -0.05) is 0 Å².